The molecule has 0 amide bonds. The van der Waals surface area contributed by atoms with E-state index in [1.165, 1.54) is 0 Å². The van der Waals surface area contributed by atoms with Gasteiger partial charge >= 0.3 is 6.18 Å². The zero-order valence-electron chi connectivity index (χ0n) is 10.6. The summed E-state index contributed by atoms with van der Waals surface area (Å²) in [6.45, 7) is 0.543. The summed E-state index contributed by atoms with van der Waals surface area (Å²) in [5.41, 5.74) is 1.05. The van der Waals surface area contributed by atoms with Crippen molar-refractivity contribution < 1.29 is 18.0 Å². The van der Waals surface area contributed by atoms with E-state index in [1.807, 2.05) is 30.3 Å². The Hall–Kier alpha value is -1.61. The maximum absolute atomic E-state index is 12.1. The molecule has 2 aromatic rings. The average Bonchev–Trinajstić information content (AvgIpc) is 2.90. The van der Waals surface area contributed by atoms with Gasteiger partial charge in [0.05, 0.1) is 5.75 Å². The van der Waals surface area contributed by atoms with Gasteiger partial charge in [0.15, 0.2) is 4.34 Å². The fraction of sp³-hybridized carbons (Fsp3) is 0.250. The molecule has 0 aliphatic rings. The Kier molecular flexibility index (Phi) is 5.18. The lowest BCUT2D eigenvalue weighted by Gasteiger charge is -2.02. The molecule has 0 bridgehead atoms. The molecule has 0 aliphatic carbocycles. The molecule has 1 aromatic heterocycles. The summed E-state index contributed by atoms with van der Waals surface area (Å²) < 4.78 is 36.5. The number of carbonyl (C=O) groups excluding carboxylic acids is 1. The van der Waals surface area contributed by atoms with Gasteiger partial charge in [-0.1, -0.05) is 53.4 Å². The first kappa shape index (κ1) is 15.8. The molecular formula is C12H10F3N3OS2. The van der Waals surface area contributed by atoms with Crippen molar-refractivity contribution in [2.75, 3.05) is 11.1 Å². The molecule has 9 heteroatoms. The van der Waals surface area contributed by atoms with E-state index in [1.54, 1.807) is 0 Å². The van der Waals surface area contributed by atoms with Crippen LogP contribution in [0.25, 0.3) is 0 Å². The number of benzene rings is 1. The third kappa shape index (κ3) is 5.01. The van der Waals surface area contributed by atoms with Gasteiger partial charge in [0.2, 0.25) is 10.9 Å². The summed E-state index contributed by atoms with van der Waals surface area (Å²) in [6.07, 6.45) is -4.80. The molecular weight excluding hydrogens is 323 g/mol. The van der Waals surface area contributed by atoms with Gasteiger partial charge in [-0.15, -0.1) is 10.2 Å². The molecule has 0 atom stereocenters. The van der Waals surface area contributed by atoms with Gasteiger partial charge in [0.1, 0.15) is 0 Å². The molecule has 1 heterocycles. The summed E-state index contributed by atoms with van der Waals surface area (Å²) in [5, 5.41) is 11.1. The summed E-state index contributed by atoms with van der Waals surface area (Å²) in [5.74, 6) is -2.46. The van der Waals surface area contributed by atoms with Gasteiger partial charge in [0, 0.05) is 6.54 Å². The lowest BCUT2D eigenvalue weighted by Crippen LogP contribution is -2.24. The molecule has 0 fully saturated rings. The highest BCUT2D eigenvalue weighted by molar-refractivity contribution is 8.01. The van der Waals surface area contributed by atoms with Crippen molar-refractivity contribution in [2.45, 2.75) is 17.1 Å². The first-order valence-electron chi connectivity index (χ1n) is 5.79. The summed E-state index contributed by atoms with van der Waals surface area (Å²) in [4.78, 5) is 10.8. The number of halogens is 3. The predicted molar refractivity (Wildman–Crippen MR) is 75.5 cm³/mol. The van der Waals surface area contributed by atoms with Crippen molar-refractivity contribution in [1.82, 2.24) is 10.2 Å². The number of aromatic nitrogens is 2. The summed E-state index contributed by atoms with van der Waals surface area (Å²) in [7, 11) is 0. The van der Waals surface area contributed by atoms with Gasteiger partial charge in [-0.3, -0.25) is 4.79 Å². The molecule has 112 valence electrons. The smallest absolute Gasteiger partial charge is 0.356 e. The molecule has 0 saturated carbocycles. The van der Waals surface area contributed by atoms with Crippen LogP contribution in [0.1, 0.15) is 5.56 Å². The number of thioether (sulfide) groups is 1. The monoisotopic (exact) mass is 333 g/mol. The Labute approximate surface area is 126 Å². The highest BCUT2D eigenvalue weighted by Gasteiger charge is 2.37. The number of nitrogens with zero attached hydrogens (tertiary/aromatic N) is 2. The zero-order chi connectivity index (χ0) is 15.3. The van der Waals surface area contributed by atoms with Crippen LogP contribution in [-0.2, 0) is 11.3 Å². The topological polar surface area (TPSA) is 54.9 Å². The average molecular weight is 333 g/mol. The molecule has 0 aliphatic heterocycles. The van der Waals surface area contributed by atoms with Crippen molar-refractivity contribution in [1.29, 1.82) is 0 Å². The first-order valence-corrected chi connectivity index (χ1v) is 7.59. The molecule has 1 aromatic carbocycles. The Morgan fingerprint density at radius 1 is 1.24 bits per heavy atom. The quantitative estimate of drug-likeness (QED) is 0.822. The molecule has 0 saturated heterocycles. The van der Waals surface area contributed by atoms with Crippen LogP contribution in [0, 0.1) is 0 Å². The standard InChI is InChI=1S/C12H10F3N3OS2/c13-12(14,15)9(19)7-20-11-18-17-10(21-11)16-6-8-4-2-1-3-5-8/h1-5H,6-7H2,(H,16,17). The van der Waals surface area contributed by atoms with Crippen molar-refractivity contribution in [2.24, 2.45) is 0 Å². The number of rotatable bonds is 6. The first-order chi connectivity index (χ1) is 9.95. The zero-order valence-corrected chi connectivity index (χ0v) is 12.2. The van der Waals surface area contributed by atoms with Crippen molar-refractivity contribution >= 4 is 34.0 Å². The van der Waals surface area contributed by atoms with Crippen LogP contribution in [0.15, 0.2) is 34.7 Å². The van der Waals surface area contributed by atoms with E-state index in [-0.39, 0.29) is 0 Å². The van der Waals surface area contributed by atoms with Crippen molar-refractivity contribution in [3.05, 3.63) is 35.9 Å². The van der Waals surface area contributed by atoms with E-state index < -0.39 is 17.7 Å². The molecule has 2 rings (SSSR count). The number of ketones is 1. The van der Waals surface area contributed by atoms with Crippen LogP contribution in [0.3, 0.4) is 0 Å². The third-order valence-electron chi connectivity index (χ3n) is 2.34. The molecule has 4 nitrogen and oxygen atoms in total. The minimum Gasteiger partial charge on any atom is -0.356 e. The number of hydrogen-bond acceptors (Lipinski definition) is 6. The predicted octanol–water partition coefficient (Wildman–Crippen LogP) is 3.37. The fourth-order valence-electron chi connectivity index (χ4n) is 1.32. The van der Waals surface area contributed by atoms with Crippen molar-refractivity contribution in [3.63, 3.8) is 0 Å². The van der Waals surface area contributed by atoms with Crippen LogP contribution in [0.2, 0.25) is 0 Å². The minimum absolute atomic E-state index is 0.322. The van der Waals surface area contributed by atoms with Gasteiger partial charge in [-0.05, 0) is 5.56 Å². The van der Waals surface area contributed by atoms with Crippen molar-refractivity contribution in [3.8, 4) is 0 Å². The number of nitrogens with one attached hydrogen (secondary N) is 1. The number of alkyl halides is 3. The number of Topliss-reactive ketones (excluding diaryl/α,β-unsaturated/α-hetero) is 1. The van der Waals surface area contributed by atoms with Gasteiger partial charge < -0.3 is 5.32 Å². The number of carbonyl (C=O) groups is 1. The van der Waals surface area contributed by atoms with E-state index in [4.69, 9.17) is 0 Å². The Bertz CT molecular complexity index is 601. The SMILES string of the molecule is O=C(CSc1nnc(NCc2ccccc2)s1)C(F)(F)F. The van der Waals surface area contributed by atoms with Crippen LogP contribution in [-0.4, -0.2) is 27.9 Å². The van der Waals surface area contributed by atoms with Crippen LogP contribution >= 0.6 is 23.1 Å². The van der Waals surface area contributed by atoms with E-state index in [9.17, 15) is 18.0 Å². The van der Waals surface area contributed by atoms with Gasteiger partial charge in [-0.2, -0.15) is 13.2 Å². The second-order valence-corrected chi connectivity index (χ2v) is 6.12. The van der Waals surface area contributed by atoms with E-state index in [0.29, 0.717) is 16.0 Å². The normalized spacial score (nSPS) is 11.4. The lowest BCUT2D eigenvalue weighted by molar-refractivity contribution is -0.167. The lowest BCUT2D eigenvalue weighted by atomic mass is 10.2. The Morgan fingerprint density at radius 2 is 1.95 bits per heavy atom. The minimum atomic E-state index is -4.80. The highest BCUT2D eigenvalue weighted by atomic mass is 32.2. The molecule has 1 N–H and O–H groups in total. The fourth-order valence-corrected chi connectivity index (χ4v) is 2.96. The molecule has 0 radical (unpaired) electrons. The maximum Gasteiger partial charge on any atom is 0.450 e. The summed E-state index contributed by atoms with van der Waals surface area (Å²) in [6, 6.07) is 9.58. The Morgan fingerprint density at radius 3 is 2.62 bits per heavy atom. The highest BCUT2D eigenvalue weighted by Crippen LogP contribution is 2.28. The van der Waals surface area contributed by atoms with E-state index in [2.05, 4.69) is 15.5 Å². The molecule has 21 heavy (non-hydrogen) atoms. The van der Waals surface area contributed by atoms with Gasteiger partial charge in [0.25, 0.3) is 0 Å². The van der Waals surface area contributed by atoms with E-state index >= 15 is 0 Å². The molecule has 0 spiro atoms. The van der Waals surface area contributed by atoms with Crippen LogP contribution < -0.4 is 5.32 Å². The largest absolute Gasteiger partial charge is 0.450 e. The maximum atomic E-state index is 12.1. The number of anilines is 1. The van der Waals surface area contributed by atoms with Crippen LogP contribution in [0.4, 0.5) is 18.3 Å². The van der Waals surface area contributed by atoms with Gasteiger partial charge in [-0.25, -0.2) is 0 Å². The molecule has 0 unspecified atom stereocenters. The third-order valence-corrected chi connectivity index (χ3v) is 4.35. The number of hydrogen-bond donors (Lipinski definition) is 1. The van der Waals surface area contributed by atoms with E-state index in [0.717, 1.165) is 28.7 Å². The summed E-state index contributed by atoms with van der Waals surface area (Å²) >= 11 is 1.85. The second-order valence-electron chi connectivity index (χ2n) is 3.92. The van der Waals surface area contributed by atoms with Crippen LogP contribution in [0.5, 0.6) is 0 Å². The second kappa shape index (κ2) is 6.90. The Balaban J connectivity index is 1.83.